The van der Waals surface area contributed by atoms with Crippen molar-refractivity contribution in [2.75, 3.05) is 0 Å². The van der Waals surface area contributed by atoms with Gasteiger partial charge in [0, 0.05) is 31.9 Å². The SMILES string of the molecule is O=C(CCn1cnc2ccccc2c1=O)NCc1ccc(-n2cccn2)cc1. The van der Waals surface area contributed by atoms with E-state index in [-0.39, 0.29) is 17.9 Å². The van der Waals surface area contributed by atoms with Gasteiger partial charge in [-0.15, -0.1) is 0 Å². The number of rotatable bonds is 6. The summed E-state index contributed by atoms with van der Waals surface area (Å²) in [5.41, 5.74) is 2.48. The van der Waals surface area contributed by atoms with Crippen molar-refractivity contribution >= 4 is 16.8 Å². The first-order chi connectivity index (χ1) is 13.7. The summed E-state index contributed by atoms with van der Waals surface area (Å²) in [6.07, 6.45) is 5.31. The lowest BCUT2D eigenvalue weighted by Gasteiger charge is -2.08. The van der Waals surface area contributed by atoms with Crippen LogP contribution in [0.1, 0.15) is 12.0 Å². The van der Waals surface area contributed by atoms with Crippen molar-refractivity contribution in [2.45, 2.75) is 19.5 Å². The molecule has 2 aromatic carbocycles. The van der Waals surface area contributed by atoms with Gasteiger partial charge >= 0.3 is 0 Å². The first-order valence-corrected chi connectivity index (χ1v) is 9.00. The number of hydrogen-bond donors (Lipinski definition) is 1. The van der Waals surface area contributed by atoms with Crippen LogP contribution in [0.4, 0.5) is 0 Å². The molecule has 0 spiro atoms. The van der Waals surface area contributed by atoms with E-state index in [1.54, 1.807) is 29.1 Å². The third-order valence-electron chi connectivity index (χ3n) is 4.51. The van der Waals surface area contributed by atoms with E-state index < -0.39 is 0 Å². The Morgan fingerprint density at radius 3 is 2.64 bits per heavy atom. The largest absolute Gasteiger partial charge is 0.352 e. The number of para-hydroxylation sites is 1. The maximum Gasteiger partial charge on any atom is 0.261 e. The minimum Gasteiger partial charge on any atom is -0.352 e. The highest BCUT2D eigenvalue weighted by Crippen LogP contribution is 2.09. The van der Waals surface area contributed by atoms with Crippen LogP contribution in [0.15, 0.2) is 78.1 Å². The van der Waals surface area contributed by atoms with E-state index in [1.165, 1.54) is 10.9 Å². The van der Waals surface area contributed by atoms with Gasteiger partial charge in [0.15, 0.2) is 0 Å². The van der Waals surface area contributed by atoms with Gasteiger partial charge in [-0.25, -0.2) is 9.67 Å². The van der Waals surface area contributed by atoms with Crippen LogP contribution in [0.5, 0.6) is 0 Å². The maximum atomic E-state index is 12.4. The van der Waals surface area contributed by atoms with Crippen LogP contribution in [0.25, 0.3) is 16.6 Å². The van der Waals surface area contributed by atoms with Crippen LogP contribution in [0.2, 0.25) is 0 Å². The topological polar surface area (TPSA) is 81.8 Å². The highest BCUT2D eigenvalue weighted by molar-refractivity contribution is 5.77. The van der Waals surface area contributed by atoms with Gasteiger partial charge in [0.25, 0.3) is 5.56 Å². The van der Waals surface area contributed by atoms with Crippen molar-refractivity contribution in [1.29, 1.82) is 0 Å². The second kappa shape index (κ2) is 7.87. The van der Waals surface area contributed by atoms with Crippen LogP contribution in [-0.4, -0.2) is 25.2 Å². The predicted molar refractivity (Wildman–Crippen MR) is 106 cm³/mol. The molecule has 0 saturated heterocycles. The third kappa shape index (κ3) is 3.83. The third-order valence-corrected chi connectivity index (χ3v) is 4.51. The van der Waals surface area contributed by atoms with Gasteiger partial charge in [0.05, 0.1) is 22.9 Å². The quantitative estimate of drug-likeness (QED) is 0.562. The molecule has 7 heteroatoms. The average Bonchev–Trinajstić information content (AvgIpc) is 3.27. The fraction of sp³-hybridized carbons (Fsp3) is 0.143. The molecule has 0 radical (unpaired) electrons. The summed E-state index contributed by atoms with van der Waals surface area (Å²) in [5.74, 6) is -0.115. The lowest BCUT2D eigenvalue weighted by atomic mass is 10.2. The number of nitrogens with zero attached hydrogens (tertiary/aromatic N) is 4. The first kappa shape index (κ1) is 17.7. The monoisotopic (exact) mass is 373 g/mol. The molecule has 0 aliphatic heterocycles. The van der Waals surface area contributed by atoms with Crippen molar-refractivity contribution in [3.8, 4) is 5.69 Å². The Morgan fingerprint density at radius 1 is 1.04 bits per heavy atom. The van der Waals surface area contributed by atoms with E-state index in [0.29, 0.717) is 24.0 Å². The Balaban J connectivity index is 1.33. The summed E-state index contributed by atoms with van der Waals surface area (Å²) in [5, 5.41) is 7.62. The summed E-state index contributed by atoms with van der Waals surface area (Å²) in [6, 6.07) is 16.9. The summed E-state index contributed by atoms with van der Waals surface area (Å²) >= 11 is 0. The van der Waals surface area contributed by atoms with Crippen molar-refractivity contribution < 1.29 is 4.79 Å². The highest BCUT2D eigenvalue weighted by Gasteiger charge is 2.06. The molecule has 1 amide bonds. The molecule has 28 heavy (non-hydrogen) atoms. The van der Waals surface area contributed by atoms with Crippen molar-refractivity contribution in [1.82, 2.24) is 24.6 Å². The average molecular weight is 373 g/mol. The van der Waals surface area contributed by atoms with Crippen molar-refractivity contribution in [3.05, 3.63) is 89.2 Å². The Kier molecular flexibility index (Phi) is 4.97. The molecular formula is C21H19N5O2. The number of fused-ring (bicyclic) bond motifs is 1. The molecular weight excluding hydrogens is 354 g/mol. The van der Waals surface area contributed by atoms with Crippen molar-refractivity contribution in [3.63, 3.8) is 0 Å². The van der Waals surface area contributed by atoms with Gasteiger partial charge in [-0.05, 0) is 35.9 Å². The van der Waals surface area contributed by atoms with E-state index in [0.717, 1.165) is 11.3 Å². The predicted octanol–water partition coefficient (Wildman–Crippen LogP) is 2.29. The molecule has 0 fully saturated rings. The zero-order valence-electron chi connectivity index (χ0n) is 15.2. The van der Waals surface area contributed by atoms with E-state index in [9.17, 15) is 9.59 Å². The summed E-state index contributed by atoms with van der Waals surface area (Å²) in [6.45, 7) is 0.726. The molecule has 0 aliphatic rings. The van der Waals surface area contributed by atoms with Crippen LogP contribution < -0.4 is 10.9 Å². The summed E-state index contributed by atoms with van der Waals surface area (Å²) in [4.78, 5) is 28.9. The van der Waals surface area contributed by atoms with Crippen LogP contribution in [0.3, 0.4) is 0 Å². The van der Waals surface area contributed by atoms with Crippen LogP contribution >= 0.6 is 0 Å². The van der Waals surface area contributed by atoms with Crippen LogP contribution in [0, 0.1) is 0 Å². The fourth-order valence-corrected chi connectivity index (χ4v) is 2.96. The van der Waals surface area contributed by atoms with Gasteiger partial charge < -0.3 is 5.32 Å². The van der Waals surface area contributed by atoms with Crippen molar-refractivity contribution in [2.24, 2.45) is 0 Å². The van der Waals surface area contributed by atoms with Gasteiger partial charge in [-0.2, -0.15) is 5.10 Å². The fourth-order valence-electron chi connectivity index (χ4n) is 2.96. The lowest BCUT2D eigenvalue weighted by molar-refractivity contribution is -0.121. The molecule has 0 aliphatic carbocycles. The lowest BCUT2D eigenvalue weighted by Crippen LogP contribution is -2.27. The molecule has 4 rings (SSSR count). The van der Waals surface area contributed by atoms with E-state index in [1.807, 2.05) is 42.6 Å². The first-order valence-electron chi connectivity index (χ1n) is 9.00. The van der Waals surface area contributed by atoms with E-state index >= 15 is 0 Å². The Bertz CT molecular complexity index is 1150. The number of hydrogen-bond acceptors (Lipinski definition) is 4. The second-order valence-electron chi connectivity index (χ2n) is 6.40. The standard InChI is InChI=1S/C21H19N5O2/c27-20(10-13-25-15-23-19-5-2-1-4-18(19)21(25)28)22-14-16-6-8-17(9-7-16)26-12-3-11-24-26/h1-9,11-12,15H,10,13-14H2,(H,22,27). The summed E-state index contributed by atoms with van der Waals surface area (Å²) in [7, 11) is 0. The number of nitrogens with one attached hydrogen (secondary N) is 1. The molecule has 2 heterocycles. The van der Waals surface area contributed by atoms with E-state index in [2.05, 4.69) is 15.4 Å². The van der Waals surface area contributed by atoms with E-state index in [4.69, 9.17) is 0 Å². The van der Waals surface area contributed by atoms with Gasteiger partial charge in [-0.1, -0.05) is 24.3 Å². The minimum absolute atomic E-state index is 0.115. The summed E-state index contributed by atoms with van der Waals surface area (Å²) < 4.78 is 3.25. The number of carbonyl (C=O) groups excluding carboxylic acids is 1. The number of benzene rings is 2. The number of aryl methyl sites for hydroxylation is 1. The second-order valence-corrected chi connectivity index (χ2v) is 6.40. The Hall–Kier alpha value is -3.74. The normalized spacial score (nSPS) is 10.9. The maximum absolute atomic E-state index is 12.4. The van der Waals surface area contributed by atoms with Gasteiger partial charge in [0.2, 0.25) is 5.91 Å². The molecule has 0 saturated carbocycles. The molecule has 4 aromatic rings. The number of amides is 1. The van der Waals surface area contributed by atoms with Crippen LogP contribution in [-0.2, 0) is 17.9 Å². The Labute approximate surface area is 161 Å². The number of carbonyl (C=O) groups is 1. The molecule has 140 valence electrons. The zero-order valence-corrected chi connectivity index (χ0v) is 15.2. The Morgan fingerprint density at radius 2 is 1.86 bits per heavy atom. The zero-order chi connectivity index (χ0) is 19.3. The molecule has 0 bridgehead atoms. The molecule has 0 atom stereocenters. The highest BCUT2D eigenvalue weighted by atomic mass is 16.1. The van der Waals surface area contributed by atoms with Gasteiger partial charge in [0.1, 0.15) is 0 Å². The molecule has 0 unspecified atom stereocenters. The van der Waals surface area contributed by atoms with Gasteiger partial charge in [-0.3, -0.25) is 14.2 Å². The number of aromatic nitrogens is 4. The smallest absolute Gasteiger partial charge is 0.261 e. The molecule has 1 N–H and O–H groups in total. The minimum atomic E-state index is -0.132. The molecule has 2 aromatic heterocycles. The molecule has 7 nitrogen and oxygen atoms in total.